The monoisotopic (exact) mass is 452 g/mol. The van der Waals surface area contributed by atoms with Crippen LogP contribution >= 0.6 is 11.6 Å². The maximum atomic E-state index is 12.6. The predicted molar refractivity (Wildman–Crippen MR) is 112 cm³/mol. The first kappa shape index (κ1) is 21.0. The highest BCUT2D eigenvalue weighted by atomic mass is 35.5. The number of hydrogen-bond donors (Lipinski definition) is 3. The van der Waals surface area contributed by atoms with Crippen LogP contribution in [0.4, 0.5) is 11.4 Å². The van der Waals surface area contributed by atoms with Crippen molar-refractivity contribution in [1.82, 2.24) is 0 Å². The van der Waals surface area contributed by atoms with Crippen molar-refractivity contribution in [3.05, 3.63) is 77.3 Å². The zero-order chi connectivity index (χ0) is 21.2. The third kappa shape index (κ3) is 5.00. The van der Waals surface area contributed by atoms with E-state index >= 15 is 0 Å². The Morgan fingerprint density at radius 2 is 1.45 bits per heavy atom. The van der Waals surface area contributed by atoms with Gasteiger partial charge in [0.25, 0.3) is 20.0 Å². The Balaban J connectivity index is 1.93. The molecule has 152 valence electrons. The predicted octanol–water partition coefficient (Wildman–Crippen LogP) is 3.96. The van der Waals surface area contributed by atoms with Gasteiger partial charge in [0.2, 0.25) is 0 Å². The lowest BCUT2D eigenvalue weighted by Gasteiger charge is -2.13. The molecule has 0 atom stereocenters. The Bertz CT molecular complexity index is 1280. The van der Waals surface area contributed by atoms with E-state index in [9.17, 15) is 21.9 Å². The van der Waals surface area contributed by atoms with Crippen molar-refractivity contribution >= 4 is 43.0 Å². The van der Waals surface area contributed by atoms with Gasteiger partial charge in [0.05, 0.1) is 21.2 Å². The highest BCUT2D eigenvalue weighted by Gasteiger charge is 2.20. The molecule has 0 radical (unpaired) electrons. The molecule has 0 amide bonds. The summed E-state index contributed by atoms with van der Waals surface area (Å²) in [5.41, 5.74) is 0.715. The number of nitrogens with one attached hydrogen (secondary N) is 2. The third-order valence-corrected chi connectivity index (χ3v) is 6.88. The normalized spacial score (nSPS) is 11.8. The van der Waals surface area contributed by atoms with Crippen molar-refractivity contribution in [3.8, 4) is 5.75 Å². The van der Waals surface area contributed by atoms with E-state index < -0.39 is 25.8 Å². The van der Waals surface area contributed by atoms with E-state index in [0.29, 0.717) is 5.02 Å². The van der Waals surface area contributed by atoms with E-state index in [1.54, 1.807) is 31.2 Å². The van der Waals surface area contributed by atoms with Crippen LogP contribution in [-0.4, -0.2) is 21.9 Å². The number of phenols is 1. The van der Waals surface area contributed by atoms with Gasteiger partial charge in [-0.05, 0) is 61.0 Å². The first-order chi connectivity index (χ1) is 13.6. The zero-order valence-electron chi connectivity index (χ0n) is 15.1. The Hall–Kier alpha value is -2.75. The Labute approximate surface area is 174 Å². The van der Waals surface area contributed by atoms with Crippen molar-refractivity contribution in [1.29, 1.82) is 0 Å². The van der Waals surface area contributed by atoms with Crippen LogP contribution in [0.3, 0.4) is 0 Å². The Morgan fingerprint density at radius 1 is 0.793 bits per heavy atom. The topological polar surface area (TPSA) is 113 Å². The number of benzene rings is 3. The summed E-state index contributed by atoms with van der Waals surface area (Å²) in [6.07, 6.45) is 0. The largest absolute Gasteiger partial charge is 0.506 e. The molecule has 0 bridgehead atoms. The summed E-state index contributed by atoms with van der Waals surface area (Å²) in [6.45, 7) is 1.74. The van der Waals surface area contributed by atoms with Gasteiger partial charge in [0.1, 0.15) is 5.75 Å². The molecular weight excluding hydrogens is 436 g/mol. The second kappa shape index (κ2) is 7.94. The average molecular weight is 453 g/mol. The summed E-state index contributed by atoms with van der Waals surface area (Å²) < 4.78 is 55.1. The van der Waals surface area contributed by atoms with Gasteiger partial charge in [-0.15, -0.1) is 0 Å². The second-order valence-corrected chi connectivity index (χ2v) is 10.0. The van der Waals surface area contributed by atoms with E-state index in [4.69, 9.17) is 11.6 Å². The van der Waals surface area contributed by atoms with Gasteiger partial charge in [0, 0.05) is 5.02 Å². The number of anilines is 2. The summed E-state index contributed by atoms with van der Waals surface area (Å²) in [5, 5.41) is 10.4. The van der Waals surface area contributed by atoms with E-state index in [1.807, 2.05) is 0 Å². The molecule has 0 heterocycles. The average Bonchev–Trinajstić information content (AvgIpc) is 2.63. The number of aromatic hydroxyl groups is 1. The number of halogens is 1. The molecule has 3 N–H and O–H groups in total. The fourth-order valence-electron chi connectivity index (χ4n) is 2.52. The number of rotatable bonds is 6. The van der Waals surface area contributed by atoms with Gasteiger partial charge in [-0.1, -0.05) is 29.8 Å². The van der Waals surface area contributed by atoms with E-state index in [0.717, 1.165) is 23.8 Å². The van der Waals surface area contributed by atoms with Crippen molar-refractivity contribution in [2.45, 2.75) is 16.7 Å². The molecule has 3 aromatic carbocycles. The van der Waals surface area contributed by atoms with Gasteiger partial charge in [0.15, 0.2) is 0 Å². The van der Waals surface area contributed by atoms with Crippen LogP contribution in [0.1, 0.15) is 5.56 Å². The minimum absolute atomic E-state index is 0.0118. The summed E-state index contributed by atoms with van der Waals surface area (Å²) in [4.78, 5) is -0.251. The van der Waals surface area contributed by atoms with E-state index in [2.05, 4.69) is 9.44 Å². The first-order valence-electron chi connectivity index (χ1n) is 8.28. The molecule has 7 nitrogen and oxygen atoms in total. The minimum atomic E-state index is -4.05. The van der Waals surface area contributed by atoms with E-state index in [1.165, 1.54) is 24.3 Å². The van der Waals surface area contributed by atoms with Crippen LogP contribution in [-0.2, 0) is 20.0 Å². The number of aryl methyl sites for hydroxylation is 1. The molecule has 10 heteroatoms. The molecule has 0 aromatic heterocycles. The van der Waals surface area contributed by atoms with Gasteiger partial charge >= 0.3 is 0 Å². The highest BCUT2D eigenvalue weighted by Crippen LogP contribution is 2.30. The lowest BCUT2D eigenvalue weighted by molar-refractivity contribution is 0.477. The van der Waals surface area contributed by atoms with Gasteiger partial charge in [-0.2, -0.15) is 0 Å². The van der Waals surface area contributed by atoms with Crippen LogP contribution in [0.5, 0.6) is 5.75 Å². The molecule has 0 spiro atoms. The number of hydrogen-bond acceptors (Lipinski definition) is 5. The molecule has 0 saturated carbocycles. The van der Waals surface area contributed by atoms with Gasteiger partial charge in [-0.3, -0.25) is 9.44 Å². The first-order valence-corrected chi connectivity index (χ1v) is 11.6. The molecule has 3 aromatic rings. The lowest BCUT2D eigenvalue weighted by atomic mass is 10.2. The molecule has 3 rings (SSSR count). The van der Waals surface area contributed by atoms with Crippen LogP contribution in [0.15, 0.2) is 76.5 Å². The minimum Gasteiger partial charge on any atom is -0.506 e. The van der Waals surface area contributed by atoms with Crippen molar-refractivity contribution < 1.29 is 21.9 Å². The zero-order valence-corrected chi connectivity index (χ0v) is 17.5. The highest BCUT2D eigenvalue weighted by molar-refractivity contribution is 7.93. The fraction of sp³-hybridized carbons (Fsp3) is 0.0526. The van der Waals surface area contributed by atoms with Crippen LogP contribution < -0.4 is 9.44 Å². The van der Waals surface area contributed by atoms with Crippen molar-refractivity contribution in [2.75, 3.05) is 9.44 Å². The van der Waals surface area contributed by atoms with Crippen molar-refractivity contribution in [3.63, 3.8) is 0 Å². The summed E-state index contributed by atoms with van der Waals surface area (Å²) >= 11 is 5.86. The SMILES string of the molecule is Cc1cccc(S(=O)(=O)Nc2cc(S(=O)(=O)Nc3cccc(Cl)c3)ccc2O)c1. The van der Waals surface area contributed by atoms with E-state index in [-0.39, 0.29) is 21.2 Å². The van der Waals surface area contributed by atoms with Crippen molar-refractivity contribution in [2.24, 2.45) is 0 Å². The molecular formula is C19H17ClN2O5S2. The fourth-order valence-corrected chi connectivity index (χ4v) is 4.95. The number of phenolic OH excluding ortho intramolecular Hbond substituents is 1. The summed E-state index contributed by atoms with van der Waals surface area (Å²) in [6, 6.07) is 15.6. The number of sulfonamides is 2. The quantitative estimate of drug-likeness (QED) is 0.490. The van der Waals surface area contributed by atoms with Crippen LogP contribution in [0.25, 0.3) is 0 Å². The summed E-state index contributed by atoms with van der Waals surface area (Å²) in [5.74, 6) is -0.414. The maximum Gasteiger partial charge on any atom is 0.262 e. The molecule has 0 unspecified atom stereocenters. The maximum absolute atomic E-state index is 12.6. The van der Waals surface area contributed by atoms with Gasteiger partial charge in [-0.25, -0.2) is 16.8 Å². The molecule has 0 saturated heterocycles. The Morgan fingerprint density at radius 3 is 2.14 bits per heavy atom. The smallest absolute Gasteiger partial charge is 0.262 e. The molecule has 0 fully saturated rings. The second-order valence-electron chi connectivity index (χ2n) is 6.22. The molecule has 0 aliphatic rings. The van der Waals surface area contributed by atoms with Gasteiger partial charge < -0.3 is 5.11 Å². The standard InChI is InChI=1S/C19H17ClN2O5S2/c1-13-4-2-7-16(10-13)29(26,27)22-18-12-17(8-9-19(18)23)28(24,25)21-15-6-3-5-14(20)11-15/h2-12,21-23H,1H3. The lowest BCUT2D eigenvalue weighted by Crippen LogP contribution is -2.15. The van der Waals surface area contributed by atoms with Crippen LogP contribution in [0.2, 0.25) is 5.02 Å². The Kier molecular flexibility index (Phi) is 5.74. The van der Waals surface area contributed by atoms with Crippen LogP contribution in [0, 0.1) is 6.92 Å². The third-order valence-electron chi connectivity index (χ3n) is 3.90. The summed E-state index contributed by atoms with van der Waals surface area (Å²) in [7, 11) is -8.08. The molecule has 0 aliphatic carbocycles. The molecule has 0 aliphatic heterocycles. The molecule has 29 heavy (non-hydrogen) atoms.